The van der Waals surface area contributed by atoms with Gasteiger partial charge in [0.2, 0.25) is 5.69 Å². The molecule has 2 unspecified atom stereocenters. The zero-order valence-electron chi connectivity index (χ0n) is 53.8. The molecule has 3 aromatic rings. The second-order valence-electron chi connectivity index (χ2n) is 27.0. The third-order valence-corrected chi connectivity index (χ3v) is 19.8. The molecule has 22 heteroatoms. The number of imide groups is 1. The van der Waals surface area contributed by atoms with Crippen LogP contribution in [0.25, 0.3) is 0 Å². The predicted octanol–water partition coefficient (Wildman–Crippen LogP) is 13.9. The van der Waals surface area contributed by atoms with Crippen molar-refractivity contribution in [3.8, 4) is 5.75 Å². The fraction of sp³-hybridized carbons (Fsp3) is 0.545. The van der Waals surface area contributed by atoms with E-state index in [0.29, 0.717) is 85.9 Å². The van der Waals surface area contributed by atoms with Gasteiger partial charge in [0.05, 0.1) is 51.7 Å². The van der Waals surface area contributed by atoms with Gasteiger partial charge in [0.15, 0.2) is 5.71 Å². The summed E-state index contributed by atoms with van der Waals surface area (Å²) in [5.74, 6) is -0.970. The summed E-state index contributed by atoms with van der Waals surface area (Å²) in [5, 5.41) is 13.8. The lowest BCUT2D eigenvalue weighted by Gasteiger charge is -2.45. The smallest absolute Gasteiger partial charge is 0.333 e. The van der Waals surface area contributed by atoms with Crippen LogP contribution in [0.15, 0.2) is 110 Å². The van der Waals surface area contributed by atoms with Gasteiger partial charge in [0.25, 0.3) is 32.1 Å². The Kier molecular flexibility index (Phi) is 21.6. The number of unbranched alkanes of at least 4 members (excludes halogenated alkanes) is 3. The molecule has 2 atom stereocenters. The lowest BCUT2D eigenvalue weighted by molar-refractivity contribution is -0.439. The quantitative estimate of drug-likeness (QED) is 0.0129. The van der Waals surface area contributed by atoms with Crippen molar-refractivity contribution < 1.29 is 78.6 Å². The number of anilines is 1. The van der Waals surface area contributed by atoms with E-state index in [1.165, 1.54) is 30.3 Å². The summed E-state index contributed by atoms with van der Waals surface area (Å²) < 4.78 is 99.1. The minimum Gasteiger partial charge on any atom is -0.457 e. The first-order valence-electron chi connectivity index (χ1n) is 30.2. The summed E-state index contributed by atoms with van der Waals surface area (Å²) in [4.78, 5) is 44.8. The Morgan fingerprint density at radius 1 is 0.727 bits per heavy atom. The molecule has 1 aliphatic carbocycles. The molecular weight excluding hydrogens is 1190 g/mol. The number of amides is 2. The van der Waals surface area contributed by atoms with E-state index >= 15 is 0 Å². The predicted molar refractivity (Wildman–Crippen MR) is 337 cm³/mol. The molecule has 3 heterocycles. The van der Waals surface area contributed by atoms with Crippen LogP contribution in [0.5, 0.6) is 5.75 Å². The highest BCUT2D eigenvalue weighted by Crippen LogP contribution is 2.59. The number of aryl methyl sites for hydroxylation is 2. The Morgan fingerprint density at radius 2 is 1.34 bits per heavy atom. The number of ether oxygens (including phenoxy) is 3. The minimum absolute atomic E-state index is 0.0160. The van der Waals surface area contributed by atoms with Gasteiger partial charge in [-0.1, -0.05) is 58.6 Å². The number of carbonyl (C=O) groups is 3. The molecule has 7 rings (SSSR count). The van der Waals surface area contributed by atoms with Crippen LogP contribution < -0.4 is 9.64 Å². The third-order valence-electron chi connectivity index (χ3n) is 17.6. The lowest BCUT2D eigenvalue weighted by Crippen LogP contribution is -2.48. The van der Waals surface area contributed by atoms with E-state index in [2.05, 4.69) is 88.1 Å². The van der Waals surface area contributed by atoms with Gasteiger partial charge < -0.3 is 23.9 Å². The Bertz CT molecular complexity index is 3540. The van der Waals surface area contributed by atoms with Gasteiger partial charge in [-0.25, -0.2) is 10.1 Å². The van der Waals surface area contributed by atoms with Crippen LogP contribution in [-0.4, -0.2) is 102 Å². The number of carbonyl (C=O) groups excluding carboxylic acids is 3. The number of fused-ring (bicyclic) bond motifs is 2. The van der Waals surface area contributed by atoms with Gasteiger partial charge in [-0.05, 0) is 184 Å². The Hall–Kier alpha value is -5.53. The first kappa shape index (κ1) is 69.9. The van der Waals surface area contributed by atoms with Crippen LogP contribution in [0.1, 0.15) is 183 Å². The molecule has 0 saturated carbocycles. The Labute approximate surface area is 524 Å². The Morgan fingerprint density at radius 3 is 1.92 bits per heavy atom. The SMILES string of the molecule is CCCC[N+]1=C(/C=C/C2=C(Oc3ccc(S(=O)(=O)O)cc3)C(=C/C=C3/N(CCCCCC(=O)ON4C(=O)CCC4=O)c4c(C)cc(S(=O)(=O)O)cc4C3(C)C(C)(C)COC(C)(C)C)/CCC2)C(C)(C(C)(C)COC(C)(C)C)c2cc(SOOO)cc(C)c21. The van der Waals surface area contributed by atoms with Crippen molar-refractivity contribution in [2.75, 3.05) is 31.2 Å². The second kappa shape index (κ2) is 27.1. The molecule has 3 aliphatic heterocycles. The molecule has 0 bridgehead atoms. The summed E-state index contributed by atoms with van der Waals surface area (Å²) in [5.41, 5.74) is 4.54. The number of benzene rings is 3. The minimum atomic E-state index is -4.69. The van der Waals surface area contributed by atoms with Gasteiger partial charge in [-0.15, -0.1) is 9.40 Å². The fourth-order valence-electron chi connectivity index (χ4n) is 12.1. The van der Waals surface area contributed by atoms with Crippen LogP contribution in [0.3, 0.4) is 0 Å². The number of rotatable bonds is 26. The molecule has 3 N–H and O–H groups in total. The summed E-state index contributed by atoms with van der Waals surface area (Å²) in [6.45, 7) is 32.7. The second-order valence-corrected chi connectivity index (χ2v) is 30.6. The molecule has 2 amide bonds. The highest BCUT2D eigenvalue weighted by Gasteiger charge is 2.58. The van der Waals surface area contributed by atoms with Crippen molar-refractivity contribution >= 4 is 67.1 Å². The van der Waals surface area contributed by atoms with Crippen LogP contribution in [0, 0.1) is 24.7 Å². The van der Waals surface area contributed by atoms with Gasteiger partial charge >= 0.3 is 5.97 Å². The summed E-state index contributed by atoms with van der Waals surface area (Å²) in [7, 11) is -9.23. The van der Waals surface area contributed by atoms with Crippen molar-refractivity contribution in [1.82, 2.24) is 5.06 Å². The largest absolute Gasteiger partial charge is 0.457 e. The van der Waals surface area contributed by atoms with Crippen LogP contribution in [-0.2, 0) is 69.1 Å². The maximum absolute atomic E-state index is 13.1. The lowest BCUT2D eigenvalue weighted by atomic mass is 9.61. The van der Waals surface area contributed by atoms with Crippen molar-refractivity contribution in [2.24, 2.45) is 10.8 Å². The highest BCUT2D eigenvalue weighted by molar-refractivity contribution is 7.94. The molecule has 4 aliphatic rings. The van der Waals surface area contributed by atoms with E-state index in [0.717, 1.165) is 74.8 Å². The molecule has 0 radical (unpaired) electrons. The van der Waals surface area contributed by atoms with Gasteiger partial charge in [-0.3, -0.25) is 18.7 Å². The van der Waals surface area contributed by atoms with Gasteiger partial charge in [0, 0.05) is 82.0 Å². The number of hydrogen-bond donors (Lipinski definition) is 3. The molecule has 3 aromatic carbocycles. The highest BCUT2D eigenvalue weighted by atomic mass is 32.2. The van der Waals surface area contributed by atoms with Crippen molar-refractivity contribution in [2.45, 2.75) is 211 Å². The molecule has 482 valence electrons. The molecule has 19 nitrogen and oxygen atoms in total. The van der Waals surface area contributed by atoms with E-state index in [9.17, 15) is 45.6 Å². The van der Waals surface area contributed by atoms with Crippen molar-refractivity contribution in [1.29, 1.82) is 0 Å². The molecule has 88 heavy (non-hydrogen) atoms. The number of hydroxylamine groups is 2. The van der Waals surface area contributed by atoms with Crippen molar-refractivity contribution in [3.05, 3.63) is 118 Å². The van der Waals surface area contributed by atoms with E-state index in [1.807, 2.05) is 66.7 Å². The summed E-state index contributed by atoms with van der Waals surface area (Å²) in [6.07, 6.45) is 13.4. The topological polar surface area (TPSA) is 245 Å². The zero-order chi connectivity index (χ0) is 65.2. The van der Waals surface area contributed by atoms with Gasteiger partial charge in [-0.2, -0.15) is 21.4 Å². The van der Waals surface area contributed by atoms with Crippen LogP contribution in [0.2, 0.25) is 0 Å². The fourth-order valence-corrected chi connectivity index (χ4v) is 13.7. The molecular formula is C66H90N3O16S3+. The normalized spacial score (nSPS) is 20.6. The molecule has 0 aromatic heterocycles. The van der Waals surface area contributed by atoms with E-state index in [4.69, 9.17) is 23.4 Å². The Balaban J connectivity index is 1.44. The first-order valence-corrected chi connectivity index (χ1v) is 33.8. The van der Waals surface area contributed by atoms with Crippen LogP contribution >= 0.6 is 12.0 Å². The number of allylic oxidation sites excluding steroid dienone is 7. The molecule has 0 spiro atoms. The van der Waals surface area contributed by atoms with E-state index < -0.39 is 70.9 Å². The standard InChI is InChI=1S/C66H89N3O16S3/c1-16-17-35-67-53(65(14,63(10,11)41-80-61(4,5)6)51-39-48(86-85-84-73)37-43(2)58(51)67)31-25-45-22-21-23-46(60(45)82-47-27-29-49(30-28-47)87(74,75)76)26-32-54-66(15,64(12,13)42-81-62(7,8)9)52-40-50(88(77,78)79)38-44(3)59(52)68(54)36-20-18-19-24-57(72)83-69-55(70)33-34-56(69)71/h25-32,37-40H,16-24,33-36,41-42H2,1-15H3,(H2-,73,74,75,76,77,78,79)/p+1. The maximum atomic E-state index is 13.1. The maximum Gasteiger partial charge on any atom is 0.333 e. The zero-order valence-corrected chi connectivity index (χ0v) is 56.2. The summed E-state index contributed by atoms with van der Waals surface area (Å²) >= 11 is 0.908. The van der Waals surface area contributed by atoms with Gasteiger partial charge in [0.1, 0.15) is 18.1 Å². The van der Waals surface area contributed by atoms with E-state index in [1.54, 1.807) is 6.07 Å². The first-order chi connectivity index (χ1) is 40.9. The number of nitrogens with zero attached hydrogens (tertiary/aromatic N) is 3. The molecule has 1 fully saturated rings. The average Bonchev–Trinajstić information content (AvgIpc) is 1.64. The number of hydrogen-bond acceptors (Lipinski definition) is 16. The monoisotopic (exact) mass is 1280 g/mol. The molecule has 1 saturated heterocycles. The summed E-state index contributed by atoms with van der Waals surface area (Å²) in [6, 6.07) is 12.7. The van der Waals surface area contributed by atoms with Crippen LogP contribution in [0.4, 0.5) is 11.4 Å². The average molecular weight is 1280 g/mol. The third kappa shape index (κ3) is 15.4. The van der Waals surface area contributed by atoms with E-state index in [-0.39, 0.29) is 35.7 Å². The van der Waals surface area contributed by atoms with Crippen molar-refractivity contribution in [3.63, 3.8) is 0 Å².